The molecule has 1 saturated heterocycles. The van der Waals surface area contributed by atoms with Crippen LogP contribution in [-0.2, 0) is 0 Å². The standard InChI is InChI=1S/C14H17ClINO/c1-9-5-10(2)8-17(7-9)14(18)11-3-4-13(16)12(15)6-11/h3-4,6,9-10H,5,7-8H2,1-2H3. The van der Waals surface area contributed by atoms with E-state index in [9.17, 15) is 4.79 Å². The fourth-order valence-corrected chi connectivity index (χ4v) is 3.16. The number of hydrogen-bond donors (Lipinski definition) is 0. The highest BCUT2D eigenvalue weighted by atomic mass is 127. The van der Waals surface area contributed by atoms with Crippen LogP contribution in [0.1, 0.15) is 30.6 Å². The normalized spacial score (nSPS) is 24.1. The van der Waals surface area contributed by atoms with E-state index >= 15 is 0 Å². The van der Waals surface area contributed by atoms with E-state index in [2.05, 4.69) is 36.4 Å². The summed E-state index contributed by atoms with van der Waals surface area (Å²) in [6.45, 7) is 6.12. The van der Waals surface area contributed by atoms with Gasteiger partial charge in [-0.2, -0.15) is 0 Å². The van der Waals surface area contributed by atoms with Gasteiger partial charge in [0.25, 0.3) is 5.91 Å². The van der Waals surface area contributed by atoms with Gasteiger partial charge in [0.15, 0.2) is 0 Å². The second kappa shape index (κ2) is 5.78. The molecule has 0 bridgehead atoms. The molecule has 4 heteroatoms. The van der Waals surface area contributed by atoms with Crippen LogP contribution in [0, 0.1) is 15.4 Å². The first-order chi connectivity index (χ1) is 8.47. The molecule has 2 atom stereocenters. The SMILES string of the molecule is CC1CC(C)CN(C(=O)c2ccc(I)c(Cl)c2)C1. The van der Waals surface area contributed by atoms with Crippen molar-refractivity contribution in [1.29, 1.82) is 0 Å². The zero-order valence-corrected chi connectivity index (χ0v) is 13.5. The summed E-state index contributed by atoms with van der Waals surface area (Å²) in [5.74, 6) is 1.26. The third-order valence-electron chi connectivity index (χ3n) is 3.32. The first kappa shape index (κ1) is 14.1. The maximum Gasteiger partial charge on any atom is 0.253 e. The van der Waals surface area contributed by atoms with Gasteiger partial charge in [-0.05, 0) is 59.0 Å². The predicted molar refractivity (Wildman–Crippen MR) is 83.0 cm³/mol. The molecule has 0 saturated carbocycles. The molecule has 2 unspecified atom stereocenters. The minimum Gasteiger partial charge on any atom is -0.338 e. The molecule has 0 aromatic heterocycles. The summed E-state index contributed by atoms with van der Waals surface area (Å²) in [7, 11) is 0. The quantitative estimate of drug-likeness (QED) is 0.676. The van der Waals surface area contributed by atoms with Crippen molar-refractivity contribution in [3.05, 3.63) is 32.4 Å². The third-order valence-corrected chi connectivity index (χ3v) is 4.89. The summed E-state index contributed by atoms with van der Waals surface area (Å²) in [6.07, 6.45) is 1.21. The second-order valence-electron chi connectivity index (χ2n) is 5.29. The Kier molecular flexibility index (Phi) is 4.54. The van der Waals surface area contributed by atoms with Crippen molar-refractivity contribution in [1.82, 2.24) is 4.90 Å². The van der Waals surface area contributed by atoms with Gasteiger partial charge in [0.2, 0.25) is 0 Å². The fourth-order valence-electron chi connectivity index (χ4n) is 2.64. The molecule has 1 amide bonds. The number of amides is 1. The highest BCUT2D eigenvalue weighted by Gasteiger charge is 2.26. The zero-order chi connectivity index (χ0) is 13.3. The smallest absolute Gasteiger partial charge is 0.253 e. The molecule has 0 radical (unpaired) electrons. The Bertz CT molecular complexity index is 453. The Labute approximate surface area is 127 Å². The van der Waals surface area contributed by atoms with Crippen LogP contribution in [0.5, 0.6) is 0 Å². The number of carbonyl (C=O) groups is 1. The lowest BCUT2D eigenvalue weighted by Gasteiger charge is -2.35. The number of carbonyl (C=O) groups excluding carboxylic acids is 1. The molecule has 1 aliphatic heterocycles. The molecule has 1 fully saturated rings. The highest BCUT2D eigenvalue weighted by molar-refractivity contribution is 14.1. The number of hydrogen-bond acceptors (Lipinski definition) is 1. The van der Waals surface area contributed by atoms with E-state index in [0.29, 0.717) is 22.4 Å². The highest BCUT2D eigenvalue weighted by Crippen LogP contribution is 2.24. The number of benzene rings is 1. The minimum absolute atomic E-state index is 0.103. The molecule has 0 aliphatic carbocycles. The molecule has 0 N–H and O–H groups in total. The minimum atomic E-state index is 0.103. The topological polar surface area (TPSA) is 20.3 Å². The van der Waals surface area contributed by atoms with Crippen molar-refractivity contribution >= 4 is 40.1 Å². The van der Waals surface area contributed by atoms with Crippen LogP contribution in [0.15, 0.2) is 18.2 Å². The Morgan fingerprint density at radius 2 is 1.94 bits per heavy atom. The Hall–Kier alpha value is -0.290. The largest absolute Gasteiger partial charge is 0.338 e. The van der Waals surface area contributed by atoms with Crippen LogP contribution in [0.4, 0.5) is 0 Å². The molecular formula is C14H17ClINO. The van der Waals surface area contributed by atoms with Crippen molar-refractivity contribution in [3.63, 3.8) is 0 Å². The number of piperidine rings is 1. The predicted octanol–water partition coefficient (Wildman–Crippen LogP) is 4.06. The number of halogens is 2. The zero-order valence-electron chi connectivity index (χ0n) is 10.6. The van der Waals surface area contributed by atoms with Crippen LogP contribution in [0.3, 0.4) is 0 Å². The molecular weight excluding hydrogens is 361 g/mol. The van der Waals surface area contributed by atoms with E-state index in [-0.39, 0.29) is 5.91 Å². The molecule has 1 aliphatic rings. The Balaban J connectivity index is 2.17. The van der Waals surface area contributed by atoms with Gasteiger partial charge >= 0.3 is 0 Å². The van der Waals surface area contributed by atoms with Gasteiger partial charge in [-0.15, -0.1) is 0 Å². The van der Waals surface area contributed by atoms with Gasteiger partial charge in [0.1, 0.15) is 0 Å². The molecule has 1 heterocycles. The van der Waals surface area contributed by atoms with Crippen LogP contribution < -0.4 is 0 Å². The van der Waals surface area contributed by atoms with Crippen LogP contribution in [0.2, 0.25) is 5.02 Å². The number of rotatable bonds is 1. The van der Waals surface area contributed by atoms with Crippen molar-refractivity contribution in [2.24, 2.45) is 11.8 Å². The first-order valence-electron chi connectivity index (χ1n) is 6.21. The van der Waals surface area contributed by atoms with Gasteiger partial charge in [0.05, 0.1) is 5.02 Å². The van der Waals surface area contributed by atoms with Gasteiger partial charge < -0.3 is 4.90 Å². The van der Waals surface area contributed by atoms with Crippen LogP contribution >= 0.6 is 34.2 Å². The van der Waals surface area contributed by atoms with E-state index in [1.54, 1.807) is 6.07 Å². The average molecular weight is 378 g/mol. The van der Waals surface area contributed by atoms with Gasteiger partial charge in [0, 0.05) is 22.2 Å². The third kappa shape index (κ3) is 3.18. The molecule has 2 nitrogen and oxygen atoms in total. The van der Waals surface area contributed by atoms with Gasteiger partial charge in [-0.25, -0.2) is 0 Å². The van der Waals surface area contributed by atoms with Crippen molar-refractivity contribution in [2.75, 3.05) is 13.1 Å². The van der Waals surface area contributed by atoms with Crippen LogP contribution in [0.25, 0.3) is 0 Å². The molecule has 18 heavy (non-hydrogen) atoms. The summed E-state index contributed by atoms with van der Waals surface area (Å²) in [4.78, 5) is 14.4. The summed E-state index contributed by atoms with van der Waals surface area (Å²) in [6, 6.07) is 5.53. The maximum absolute atomic E-state index is 12.4. The van der Waals surface area contributed by atoms with E-state index in [0.717, 1.165) is 16.7 Å². The summed E-state index contributed by atoms with van der Waals surface area (Å²) in [5.41, 5.74) is 0.696. The first-order valence-corrected chi connectivity index (χ1v) is 7.67. The number of likely N-dealkylation sites (tertiary alicyclic amines) is 1. The number of nitrogens with zero attached hydrogens (tertiary/aromatic N) is 1. The van der Waals surface area contributed by atoms with Crippen molar-refractivity contribution in [3.8, 4) is 0 Å². The average Bonchev–Trinajstić information content (AvgIpc) is 2.30. The molecule has 1 aromatic carbocycles. The van der Waals surface area contributed by atoms with E-state index < -0.39 is 0 Å². The molecule has 0 spiro atoms. The summed E-state index contributed by atoms with van der Waals surface area (Å²) >= 11 is 8.24. The lowest BCUT2D eigenvalue weighted by Crippen LogP contribution is -2.42. The molecule has 98 valence electrons. The van der Waals surface area contributed by atoms with Crippen LogP contribution in [-0.4, -0.2) is 23.9 Å². The fraction of sp³-hybridized carbons (Fsp3) is 0.500. The Morgan fingerprint density at radius 3 is 2.50 bits per heavy atom. The monoisotopic (exact) mass is 377 g/mol. The van der Waals surface area contributed by atoms with Crippen molar-refractivity contribution < 1.29 is 4.79 Å². The van der Waals surface area contributed by atoms with E-state index in [1.165, 1.54) is 6.42 Å². The second-order valence-corrected chi connectivity index (χ2v) is 6.85. The van der Waals surface area contributed by atoms with E-state index in [1.807, 2.05) is 17.0 Å². The molecule has 2 rings (SSSR count). The lowest BCUT2D eigenvalue weighted by molar-refractivity contribution is 0.0623. The van der Waals surface area contributed by atoms with Crippen molar-refractivity contribution in [2.45, 2.75) is 20.3 Å². The van der Waals surface area contributed by atoms with Gasteiger partial charge in [-0.1, -0.05) is 25.4 Å². The van der Waals surface area contributed by atoms with Gasteiger partial charge in [-0.3, -0.25) is 4.79 Å². The Morgan fingerprint density at radius 1 is 1.33 bits per heavy atom. The molecule has 1 aromatic rings. The maximum atomic E-state index is 12.4. The lowest BCUT2D eigenvalue weighted by atomic mass is 9.91. The summed E-state index contributed by atoms with van der Waals surface area (Å²) < 4.78 is 0.978. The summed E-state index contributed by atoms with van der Waals surface area (Å²) in [5, 5.41) is 0.652. The van der Waals surface area contributed by atoms with E-state index in [4.69, 9.17) is 11.6 Å².